The van der Waals surface area contributed by atoms with Gasteiger partial charge in [-0.15, -0.1) is 0 Å². The van der Waals surface area contributed by atoms with Gasteiger partial charge in [-0.2, -0.15) is 0 Å². The SMILES string of the molecule is C=C(C)C(CC1CCC1)NCC. The third-order valence-corrected chi connectivity index (χ3v) is 2.84. The van der Waals surface area contributed by atoms with Gasteiger partial charge in [0.1, 0.15) is 0 Å². The molecule has 0 spiro atoms. The van der Waals surface area contributed by atoms with Crippen molar-refractivity contribution in [3.05, 3.63) is 12.2 Å². The Balaban J connectivity index is 2.26. The molecule has 0 aromatic heterocycles. The third-order valence-electron chi connectivity index (χ3n) is 2.84. The van der Waals surface area contributed by atoms with Crippen LogP contribution in [0.1, 0.15) is 39.5 Å². The summed E-state index contributed by atoms with van der Waals surface area (Å²) in [6, 6.07) is 0.570. The molecule has 1 N–H and O–H groups in total. The maximum atomic E-state index is 4.02. The largest absolute Gasteiger partial charge is 0.311 e. The highest BCUT2D eigenvalue weighted by Gasteiger charge is 2.21. The molecule has 1 saturated carbocycles. The lowest BCUT2D eigenvalue weighted by molar-refractivity contribution is 0.272. The highest BCUT2D eigenvalue weighted by Crippen LogP contribution is 2.31. The molecule has 1 fully saturated rings. The summed E-state index contributed by atoms with van der Waals surface area (Å²) >= 11 is 0. The summed E-state index contributed by atoms with van der Waals surface area (Å²) in [5, 5.41) is 3.48. The van der Waals surface area contributed by atoms with E-state index >= 15 is 0 Å². The Morgan fingerprint density at radius 3 is 2.58 bits per heavy atom. The minimum absolute atomic E-state index is 0.570. The standard InChI is InChI=1S/C11H21N/c1-4-12-11(9(2)3)8-10-6-5-7-10/h10-12H,2,4-8H2,1,3H3. The van der Waals surface area contributed by atoms with Crippen molar-refractivity contribution in [3.8, 4) is 0 Å². The monoisotopic (exact) mass is 167 g/mol. The van der Waals surface area contributed by atoms with Crippen LogP contribution in [0.5, 0.6) is 0 Å². The highest BCUT2D eigenvalue weighted by atomic mass is 14.9. The fraction of sp³-hybridized carbons (Fsp3) is 0.818. The molecule has 0 aromatic rings. The first-order valence-corrected chi connectivity index (χ1v) is 5.12. The smallest absolute Gasteiger partial charge is 0.0276 e. The fourth-order valence-electron chi connectivity index (χ4n) is 1.77. The maximum Gasteiger partial charge on any atom is 0.0276 e. The van der Waals surface area contributed by atoms with E-state index in [-0.39, 0.29) is 0 Å². The van der Waals surface area contributed by atoms with E-state index in [1.165, 1.54) is 31.3 Å². The lowest BCUT2D eigenvalue weighted by Gasteiger charge is -2.30. The second-order valence-electron chi connectivity index (χ2n) is 3.99. The van der Waals surface area contributed by atoms with Crippen molar-refractivity contribution in [2.75, 3.05) is 6.54 Å². The molecule has 1 heteroatoms. The molecule has 0 bridgehead atoms. The van der Waals surface area contributed by atoms with Crippen LogP contribution in [0.4, 0.5) is 0 Å². The summed E-state index contributed by atoms with van der Waals surface area (Å²) in [5.74, 6) is 0.978. The zero-order valence-electron chi connectivity index (χ0n) is 8.40. The molecule has 70 valence electrons. The van der Waals surface area contributed by atoms with Gasteiger partial charge in [-0.25, -0.2) is 0 Å². The zero-order chi connectivity index (χ0) is 8.97. The first-order chi connectivity index (χ1) is 5.74. The van der Waals surface area contributed by atoms with Gasteiger partial charge in [0, 0.05) is 6.04 Å². The Morgan fingerprint density at radius 2 is 2.25 bits per heavy atom. The molecule has 1 aliphatic rings. The Hall–Kier alpha value is -0.300. The summed E-state index contributed by atoms with van der Waals surface area (Å²) in [7, 11) is 0. The van der Waals surface area contributed by atoms with Gasteiger partial charge in [0.05, 0.1) is 0 Å². The molecular weight excluding hydrogens is 146 g/mol. The van der Waals surface area contributed by atoms with Crippen LogP contribution in [0.15, 0.2) is 12.2 Å². The maximum absolute atomic E-state index is 4.02. The van der Waals surface area contributed by atoms with Gasteiger partial charge in [-0.05, 0) is 25.8 Å². The van der Waals surface area contributed by atoms with Gasteiger partial charge >= 0.3 is 0 Å². The lowest BCUT2D eigenvalue weighted by Crippen LogP contribution is -2.33. The topological polar surface area (TPSA) is 12.0 Å². The zero-order valence-corrected chi connectivity index (χ0v) is 8.40. The number of nitrogens with one attached hydrogen (secondary N) is 1. The van der Waals surface area contributed by atoms with Gasteiger partial charge < -0.3 is 5.32 Å². The molecule has 0 saturated heterocycles. The summed E-state index contributed by atoms with van der Waals surface area (Å²) in [6.45, 7) is 9.38. The van der Waals surface area contributed by atoms with Crippen molar-refractivity contribution >= 4 is 0 Å². The van der Waals surface area contributed by atoms with Gasteiger partial charge in [0.25, 0.3) is 0 Å². The average molecular weight is 167 g/mol. The first kappa shape index (κ1) is 9.79. The summed E-state index contributed by atoms with van der Waals surface area (Å²) in [4.78, 5) is 0. The number of rotatable bonds is 5. The molecule has 0 aliphatic heterocycles. The van der Waals surface area contributed by atoms with Crippen LogP contribution in [0, 0.1) is 5.92 Å². The second-order valence-corrected chi connectivity index (χ2v) is 3.99. The fourth-order valence-corrected chi connectivity index (χ4v) is 1.77. The van der Waals surface area contributed by atoms with E-state index in [2.05, 4.69) is 25.7 Å². The van der Waals surface area contributed by atoms with Crippen molar-refractivity contribution in [3.63, 3.8) is 0 Å². The van der Waals surface area contributed by atoms with Gasteiger partial charge in [-0.3, -0.25) is 0 Å². The average Bonchev–Trinajstić information content (AvgIpc) is 1.93. The molecule has 1 aliphatic carbocycles. The van der Waals surface area contributed by atoms with Crippen LogP contribution in [-0.2, 0) is 0 Å². The predicted octanol–water partition coefficient (Wildman–Crippen LogP) is 2.73. The summed E-state index contributed by atoms with van der Waals surface area (Å²) in [5.41, 5.74) is 1.30. The van der Waals surface area contributed by atoms with Crippen LogP contribution in [0.25, 0.3) is 0 Å². The Labute approximate surface area is 76.2 Å². The Bertz CT molecular complexity index is 147. The number of hydrogen-bond donors (Lipinski definition) is 1. The minimum atomic E-state index is 0.570. The van der Waals surface area contributed by atoms with Crippen molar-refractivity contribution < 1.29 is 0 Å². The van der Waals surface area contributed by atoms with E-state index in [4.69, 9.17) is 0 Å². The first-order valence-electron chi connectivity index (χ1n) is 5.12. The molecule has 0 aromatic carbocycles. The van der Waals surface area contributed by atoms with E-state index in [0.29, 0.717) is 6.04 Å². The van der Waals surface area contributed by atoms with E-state index in [0.717, 1.165) is 12.5 Å². The molecule has 0 radical (unpaired) electrons. The summed E-state index contributed by atoms with van der Waals surface area (Å²) in [6.07, 6.45) is 5.63. The Kier molecular flexibility index (Phi) is 3.80. The minimum Gasteiger partial charge on any atom is -0.311 e. The van der Waals surface area contributed by atoms with Gasteiger partial charge in [0.2, 0.25) is 0 Å². The number of hydrogen-bond acceptors (Lipinski definition) is 1. The van der Waals surface area contributed by atoms with E-state index in [9.17, 15) is 0 Å². The van der Waals surface area contributed by atoms with E-state index in [1.54, 1.807) is 0 Å². The number of likely N-dealkylation sites (N-methyl/N-ethyl adjacent to an activating group) is 1. The molecule has 12 heavy (non-hydrogen) atoms. The predicted molar refractivity (Wildman–Crippen MR) is 54.2 cm³/mol. The quantitative estimate of drug-likeness (QED) is 0.621. The summed E-state index contributed by atoms with van der Waals surface area (Å²) < 4.78 is 0. The molecule has 1 unspecified atom stereocenters. The van der Waals surface area contributed by atoms with Gasteiger partial charge in [0.15, 0.2) is 0 Å². The van der Waals surface area contributed by atoms with Crippen LogP contribution in [0.2, 0.25) is 0 Å². The van der Waals surface area contributed by atoms with Crippen molar-refractivity contribution in [2.24, 2.45) is 5.92 Å². The third kappa shape index (κ3) is 2.63. The second kappa shape index (κ2) is 4.66. The normalized spacial score (nSPS) is 20.2. The van der Waals surface area contributed by atoms with Crippen LogP contribution < -0.4 is 5.32 Å². The lowest BCUT2D eigenvalue weighted by atomic mass is 9.80. The van der Waals surface area contributed by atoms with Crippen LogP contribution >= 0.6 is 0 Å². The van der Waals surface area contributed by atoms with Crippen LogP contribution in [-0.4, -0.2) is 12.6 Å². The molecule has 1 rings (SSSR count). The van der Waals surface area contributed by atoms with E-state index < -0.39 is 0 Å². The molecule has 1 nitrogen and oxygen atoms in total. The molecule has 0 heterocycles. The Morgan fingerprint density at radius 1 is 1.58 bits per heavy atom. The highest BCUT2D eigenvalue weighted by molar-refractivity contribution is 5.02. The molecular formula is C11H21N. The van der Waals surface area contributed by atoms with Gasteiger partial charge in [-0.1, -0.05) is 38.3 Å². The molecule has 0 amide bonds. The van der Waals surface area contributed by atoms with E-state index in [1.807, 2.05) is 0 Å². The molecule has 1 atom stereocenters. The van der Waals surface area contributed by atoms with Crippen LogP contribution in [0.3, 0.4) is 0 Å². The van der Waals surface area contributed by atoms with Crippen molar-refractivity contribution in [2.45, 2.75) is 45.6 Å². The van der Waals surface area contributed by atoms with Crippen molar-refractivity contribution in [1.82, 2.24) is 5.32 Å². The van der Waals surface area contributed by atoms with Crippen molar-refractivity contribution in [1.29, 1.82) is 0 Å².